The second-order valence-corrected chi connectivity index (χ2v) is 6.21. The van der Waals surface area contributed by atoms with Crippen molar-refractivity contribution < 1.29 is 19.5 Å². The molecule has 1 saturated heterocycles. The van der Waals surface area contributed by atoms with E-state index in [0.29, 0.717) is 11.3 Å². The van der Waals surface area contributed by atoms with Gasteiger partial charge in [0.1, 0.15) is 23.7 Å². The van der Waals surface area contributed by atoms with E-state index in [1.54, 1.807) is 0 Å². The van der Waals surface area contributed by atoms with Gasteiger partial charge in [0.05, 0.1) is 6.21 Å². The number of oxime groups is 1. The molecule has 2 aliphatic rings. The Bertz CT molecular complexity index is 689. The van der Waals surface area contributed by atoms with Crippen molar-refractivity contribution in [3.05, 3.63) is 47.2 Å². The van der Waals surface area contributed by atoms with Crippen molar-refractivity contribution in [1.29, 1.82) is 0 Å². The summed E-state index contributed by atoms with van der Waals surface area (Å²) in [7, 11) is 0. The molecule has 1 amide bonds. The number of nitrogens with zero attached hydrogens (tertiary/aromatic N) is 2. The van der Waals surface area contributed by atoms with Crippen LogP contribution in [0.1, 0.15) is 5.56 Å². The fraction of sp³-hybridized carbons (Fsp3) is 0.267. The van der Waals surface area contributed by atoms with Gasteiger partial charge in [0.2, 0.25) is 5.91 Å². The van der Waals surface area contributed by atoms with Crippen LogP contribution in [0.15, 0.2) is 46.8 Å². The first kappa shape index (κ1) is 15.6. The summed E-state index contributed by atoms with van der Waals surface area (Å²) in [5, 5.41) is 12.9. The number of amides is 1. The molecule has 23 heavy (non-hydrogen) atoms. The van der Waals surface area contributed by atoms with Crippen LogP contribution in [0.2, 0.25) is 0 Å². The van der Waals surface area contributed by atoms with Crippen LogP contribution in [0.25, 0.3) is 0 Å². The molecule has 120 valence electrons. The van der Waals surface area contributed by atoms with Gasteiger partial charge in [0.15, 0.2) is 0 Å². The average Bonchev–Trinajstić information content (AvgIpc) is 2.58. The van der Waals surface area contributed by atoms with E-state index in [-0.39, 0.29) is 23.6 Å². The molecule has 1 fully saturated rings. The SMILES string of the molecule is N[C@@H]1C(=O)N2C(C(=O)O)=C(/C=N/OCc3ccccc3)CS[C@H]12. The number of hydrogen-bond donors (Lipinski definition) is 2. The lowest BCUT2D eigenvalue weighted by Gasteiger charge is -2.47. The van der Waals surface area contributed by atoms with Crippen molar-refractivity contribution >= 4 is 29.9 Å². The van der Waals surface area contributed by atoms with Crippen LogP contribution in [0.5, 0.6) is 0 Å². The molecular formula is C15H15N3O4S. The van der Waals surface area contributed by atoms with Gasteiger partial charge in [0, 0.05) is 11.3 Å². The van der Waals surface area contributed by atoms with Crippen LogP contribution in [0.3, 0.4) is 0 Å². The number of carbonyl (C=O) groups excluding carboxylic acids is 1. The Labute approximate surface area is 136 Å². The van der Waals surface area contributed by atoms with E-state index < -0.39 is 12.0 Å². The lowest BCUT2D eigenvalue weighted by atomic mass is 10.0. The lowest BCUT2D eigenvalue weighted by Crippen LogP contribution is -2.68. The fourth-order valence-corrected chi connectivity index (χ4v) is 3.67. The van der Waals surface area contributed by atoms with Gasteiger partial charge in [-0.1, -0.05) is 35.5 Å². The van der Waals surface area contributed by atoms with Gasteiger partial charge >= 0.3 is 5.97 Å². The van der Waals surface area contributed by atoms with Gasteiger partial charge in [-0.3, -0.25) is 9.69 Å². The Morgan fingerprint density at radius 2 is 2.22 bits per heavy atom. The maximum absolute atomic E-state index is 11.8. The van der Waals surface area contributed by atoms with Crippen molar-refractivity contribution in [1.82, 2.24) is 4.90 Å². The predicted octanol–water partition coefficient (Wildman–Crippen LogP) is 0.770. The van der Waals surface area contributed by atoms with Crippen LogP contribution >= 0.6 is 11.8 Å². The van der Waals surface area contributed by atoms with E-state index in [4.69, 9.17) is 10.6 Å². The Kier molecular flexibility index (Phi) is 4.35. The number of thioether (sulfide) groups is 1. The number of hydrogen-bond acceptors (Lipinski definition) is 6. The monoisotopic (exact) mass is 333 g/mol. The number of rotatable bonds is 5. The number of fused-ring (bicyclic) bond motifs is 1. The lowest BCUT2D eigenvalue weighted by molar-refractivity contribution is -0.147. The van der Waals surface area contributed by atoms with E-state index in [9.17, 15) is 14.7 Å². The van der Waals surface area contributed by atoms with Crippen LogP contribution < -0.4 is 5.73 Å². The van der Waals surface area contributed by atoms with Crippen LogP contribution in [-0.2, 0) is 21.0 Å². The molecule has 8 heteroatoms. The first-order chi connectivity index (χ1) is 11.1. The normalized spacial score (nSPS) is 23.7. The number of carboxylic acid groups (broad SMARTS) is 1. The van der Waals surface area contributed by atoms with Gasteiger partial charge in [0.25, 0.3) is 0 Å². The molecule has 7 nitrogen and oxygen atoms in total. The molecule has 0 saturated carbocycles. The largest absolute Gasteiger partial charge is 0.477 e. The quantitative estimate of drug-likeness (QED) is 0.468. The van der Waals surface area contributed by atoms with Gasteiger partial charge in [-0.15, -0.1) is 11.8 Å². The fourth-order valence-electron chi connectivity index (χ4n) is 2.43. The first-order valence-corrected chi connectivity index (χ1v) is 8.00. The number of carbonyl (C=O) groups is 2. The summed E-state index contributed by atoms with van der Waals surface area (Å²) in [4.78, 5) is 29.6. The zero-order valence-corrected chi connectivity index (χ0v) is 12.9. The Morgan fingerprint density at radius 1 is 1.48 bits per heavy atom. The van der Waals surface area contributed by atoms with Crippen molar-refractivity contribution in [3.63, 3.8) is 0 Å². The number of nitrogens with two attached hydrogens (primary N) is 1. The molecule has 2 atom stereocenters. The maximum atomic E-state index is 11.8. The topological polar surface area (TPSA) is 105 Å². The van der Waals surface area contributed by atoms with E-state index in [1.165, 1.54) is 22.9 Å². The third kappa shape index (κ3) is 2.95. The molecule has 0 radical (unpaired) electrons. The van der Waals surface area contributed by atoms with Crippen LogP contribution in [-0.4, -0.2) is 45.3 Å². The number of β-lactam (4-membered cyclic amide) rings is 1. The molecule has 0 bridgehead atoms. The second kappa shape index (κ2) is 6.43. The Morgan fingerprint density at radius 3 is 2.91 bits per heavy atom. The van der Waals surface area contributed by atoms with Crippen LogP contribution in [0.4, 0.5) is 0 Å². The third-order valence-electron chi connectivity index (χ3n) is 3.60. The van der Waals surface area contributed by atoms with Crippen molar-refractivity contribution in [3.8, 4) is 0 Å². The highest BCUT2D eigenvalue weighted by Crippen LogP contribution is 2.38. The van der Waals surface area contributed by atoms with E-state index in [2.05, 4.69) is 5.16 Å². The summed E-state index contributed by atoms with van der Waals surface area (Å²) >= 11 is 1.42. The van der Waals surface area contributed by atoms with Crippen molar-refractivity contribution in [2.24, 2.45) is 10.9 Å². The number of aliphatic carboxylic acids is 1. The van der Waals surface area contributed by atoms with Gasteiger partial charge in [-0.05, 0) is 5.56 Å². The minimum Gasteiger partial charge on any atom is -0.477 e. The van der Waals surface area contributed by atoms with Gasteiger partial charge < -0.3 is 15.7 Å². The molecule has 2 aliphatic heterocycles. The van der Waals surface area contributed by atoms with Crippen LogP contribution in [0, 0.1) is 0 Å². The van der Waals surface area contributed by atoms with E-state index >= 15 is 0 Å². The molecule has 0 aromatic heterocycles. The molecule has 2 heterocycles. The third-order valence-corrected chi connectivity index (χ3v) is 4.92. The summed E-state index contributed by atoms with van der Waals surface area (Å²) in [6, 6.07) is 8.86. The molecule has 0 spiro atoms. The summed E-state index contributed by atoms with van der Waals surface area (Å²) in [6.45, 7) is 0.288. The van der Waals surface area contributed by atoms with Gasteiger partial charge in [-0.2, -0.15) is 0 Å². The van der Waals surface area contributed by atoms with E-state index in [1.807, 2.05) is 30.3 Å². The second-order valence-electron chi connectivity index (χ2n) is 5.11. The molecule has 1 aromatic rings. The zero-order chi connectivity index (χ0) is 16.4. The highest BCUT2D eigenvalue weighted by Gasteiger charge is 2.51. The molecule has 3 N–H and O–H groups in total. The summed E-state index contributed by atoms with van der Waals surface area (Å²) in [6.07, 6.45) is 1.35. The van der Waals surface area contributed by atoms with Crippen molar-refractivity contribution in [2.75, 3.05) is 5.75 Å². The van der Waals surface area contributed by atoms with E-state index in [0.717, 1.165) is 5.56 Å². The summed E-state index contributed by atoms with van der Waals surface area (Å²) in [5.74, 6) is -1.13. The molecular weight excluding hydrogens is 318 g/mol. The minimum atomic E-state index is -1.17. The highest BCUT2D eigenvalue weighted by molar-refractivity contribution is 8.00. The number of carboxylic acids is 1. The molecule has 1 aromatic carbocycles. The number of benzene rings is 1. The predicted molar refractivity (Wildman–Crippen MR) is 85.5 cm³/mol. The molecule has 0 aliphatic carbocycles. The summed E-state index contributed by atoms with van der Waals surface area (Å²) < 4.78 is 0. The summed E-state index contributed by atoms with van der Waals surface area (Å²) in [5.41, 5.74) is 7.02. The smallest absolute Gasteiger partial charge is 0.353 e. The minimum absolute atomic E-state index is 0.0625. The highest BCUT2D eigenvalue weighted by atomic mass is 32.2. The molecule has 0 unspecified atom stereocenters. The average molecular weight is 333 g/mol. The standard InChI is InChI=1S/C15H15N3O4S/c16-11-13(19)18-12(15(20)21)10(8-23-14(11)18)6-17-22-7-9-4-2-1-3-5-9/h1-6,11,14H,7-8,16H2,(H,20,21)/b17-6+/t11-,14-/m1/s1. The van der Waals surface area contributed by atoms with Gasteiger partial charge in [-0.25, -0.2) is 4.79 Å². The zero-order valence-electron chi connectivity index (χ0n) is 12.1. The van der Waals surface area contributed by atoms with Crippen molar-refractivity contribution in [2.45, 2.75) is 18.0 Å². The maximum Gasteiger partial charge on any atom is 0.353 e. The Balaban J connectivity index is 1.71. The molecule has 3 rings (SSSR count). The first-order valence-electron chi connectivity index (χ1n) is 6.95. The Hall–Kier alpha value is -2.32.